The summed E-state index contributed by atoms with van der Waals surface area (Å²) in [5.41, 5.74) is 13.2. The van der Waals surface area contributed by atoms with E-state index in [1.165, 1.54) is 0 Å². The highest BCUT2D eigenvalue weighted by atomic mass is 16.1. The van der Waals surface area contributed by atoms with Crippen LogP contribution in [0.2, 0.25) is 0 Å². The van der Waals surface area contributed by atoms with E-state index in [0.29, 0.717) is 5.69 Å². The number of nitrogen functional groups attached to an aromatic ring is 1. The van der Waals surface area contributed by atoms with E-state index in [2.05, 4.69) is 25.3 Å². The maximum atomic E-state index is 11.4. The first-order valence-electron chi connectivity index (χ1n) is 7.09. The highest BCUT2D eigenvalue weighted by Gasteiger charge is 2.32. The van der Waals surface area contributed by atoms with Crippen molar-refractivity contribution in [2.45, 2.75) is 52.0 Å². The second-order valence-corrected chi connectivity index (χ2v) is 7.22. The topological polar surface area (TPSA) is 86.9 Å². The smallest absolute Gasteiger partial charge is 0.219 e. The molecule has 2 aromatic rings. The maximum absolute atomic E-state index is 11.4. The molecule has 5 heteroatoms. The first-order valence-corrected chi connectivity index (χ1v) is 7.09. The molecule has 0 aliphatic rings. The molecule has 1 aromatic heterocycles. The van der Waals surface area contributed by atoms with Gasteiger partial charge in [0.25, 0.3) is 0 Å². The third-order valence-electron chi connectivity index (χ3n) is 3.56. The number of nitrogens with two attached hydrogens (primary N) is 2. The molecule has 0 aliphatic heterocycles. The van der Waals surface area contributed by atoms with Crippen molar-refractivity contribution in [2.24, 2.45) is 5.73 Å². The second kappa shape index (κ2) is 4.76. The summed E-state index contributed by atoms with van der Waals surface area (Å²) in [4.78, 5) is 16.2. The van der Waals surface area contributed by atoms with Crippen LogP contribution in [0.5, 0.6) is 0 Å². The number of benzene rings is 1. The molecule has 0 fully saturated rings. The lowest BCUT2D eigenvalue weighted by atomic mass is 9.92. The normalized spacial score (nSPS) is 12.8. The average Bonchev–Trinajstić information content (AvgIpc) is 2.65. The molecule has 21 heavy (non-hydrogen) atoms. The molecule has 114 valence electrons. The standard InChI is InChI=1S/C16H24N4O/c1-15(2,3)14-19-11-8-10(17)6-7-12(11)20(14)16(4,5)9-13(18)21/h6-8H,9,17H2,1-5H3,(H2,18,21). The minimum atomic E-state index is -0.445. The Balaban J connectivity index is 2.78. The number of amides is 1. The summed E-state index contributed by atoms with van der Waals surface area (Å²) >= 11 is 0. The van der Waals surface area contributed by atoms with Crippen LogP contribution in [-0.4, -0.2) is 15.5 Å². The van der Waals surface area contributed by atoms with Gasteiger partial charge in [0.1, 0.15) is 5.82 Å². The summed E-state index contributed by atoms with van der Waals surface area (Å²) in [6, 6.07) is 5.67. The van der Waals surface area contributed by atoms with Crippen LogP contribution >= 0.6 is 0 Å². The fraction of sp³-hybridized carbons (Fsp3) is 0.500. The van der Waals surface area contributed by atoms with Crippen LogP contribution in [-0.2, 0) is 15.7 Å². The van der Waals surface area contributed by atoms with Crippen LogP contribution in [0.25, 0.3) is 11.0 Å². The Morgan fingerprint density at radius 1 is 1.24 bits per heavy atom. The zero-order valence-electron chi connectivity index (χ0n) is 13.4. The molecular weight excluding hydrogens is 264 g/mol. The average molecular weight is 288 g/mol. The Hall–Kier alpha value is -2.04. The van der Waals surface area contributed by atoms with Gasteiger partial charge in [-0.2, -0.15) is 0 Å². The zero-order valence-corrected chi connectivity index (χ0v) is 13.4. The highest BCUT2D eigenvalue weighted by molar-refractivity contribution is 5.81. The third-order valence-corrected chi connectivity index (χ3v) is 3.56. The first kappa shape index (κ1) is 15.4. The lowest BCUT2D eigenvalue weighted by molar-refractivity contribution is -0.119. The highest BCUT2D eigenvalue weighted by Crippen LogP contribution is 2.34. The number of imidazole rings is 1. The molecule has 0 saturated carbocycles. The molecule has 1 heterocycles. The summed E-state index contributed by atoms with van der Waals surface area (Å²) < 4.78 is 2.12. The van der Waals surface area contributed by atoms with E-state index in [9.17, 15) is 4.79 Å². The number of aromatic nitrogens is 2. The van der Waals surface area contributed by atoms with Crippen molar-refractivity contribution in [3.63, 3.8) is 0 Å². The van der Waals surface area contributed by atoms with Gasteiger partial charge in [0.2, 0.25) is 5.91 Å². The summed E-state index contributed by atoms with van der Waals surface area (Å²) in [6.45, 7) is 10.3. The fourth-order valence-electron chi connectivity index (χ4n) is 2.72. The van der Waals surface area contributed by atoms with E-state index in [0.717, 1.165) is 16.9 Å². The lowest BCUT2D eigenvalue weighted by Crippen LogP contribution is -2.36. The van der Waals surface area contributed by atoms with Crippen LogP contribution in [0.15, 0.2) is 18.2 Å². The summed E-state index contributed by atoms with van der Waals surface area (Å²) in [6.07, 6.45) is 0.256. The van der Waals surface area contributed by atoms with Gasteiger partial charge in [-0.1, -0.05) is 20.8 Å². The van der Waals surface area contributed by atoms with Gasteiger partial charge in [0, 0.05) is 23.1 Å². The Bertz CT molecular complexity index is 692. The van der Waals surface area contributed by atoms with Crippen LogP contribution in [0.3, 0.4) is 0 Å². The number of hydrogen-bond donors (Lipinski definition) is 2. The van der Waals surface area contributed by atoms with E-state index in [1.807, 2.05) is 32.0 Å². The predicted octanol–water partition coefficient (Wildman–Crippen LogP) is 2.53. The molecule has 0 bridgehead atoms. The Morgan fingerprint density at radius 2 is 1.86 bits per heavy atom. The van der Waals surface area contributed by atoms with E-state index in [-0.39, 0.29) is 17.7 Å². The molecule has 2 rings (SSSR count). The van der Waals surface area contributed by atoms with Gasteiger partial charge >= 0.3 is 0 Å². The van der Waals surface area contributed by atoms with E-state index in [1.54, 1.807) is 0 Å². The van der Waals surface area contributed by atoms with Crippen molar-refractivity contribution in [2.75, 3.05) is 5.73 Å². The maximum Gasteiger partial charge on any atom is 0.219 e. The fourth-order valence-corrected chi connectivity index (χ4v) is 2.72. The number of carbonyl (C=O) groups excluding carboxylic acids is 1. The monoisotopic (exact) mass is 288 g/mol. The lowest BCUT2D eigenvalue weighted by Gasteiger charge is -2.32. The van der Waals surface area contributed by atoms with Crippen molar-refractivity contribution in [3.8, 4) is 0 Å². The van der Waals surface area contributed by atoms with Crippen molar-refractivity contribution in [3.05, 3.63) is 24.0 Å². The van der Waals surface area contributed by atoms with Gasteiger partial charge in [0.05, 0.1) is 11.0 Å². The quantitative estimate of drug-likeness (QED) is 0.851. The van der Waals surface area contributed by atoms with Crippen LogP contribution in [0.4, 0.5) is 5.69 Å². The molecule has 1 amide bonds. The molecule has 0 atom stereocenters. The molecule has 4 N–H and O–H groups in total. The largest absolute Gasteiger partial charge is 0.399 e. The summed E-state index contributed by atoms with van der Waals surface area (Å²) in [5, 5.41) is 0. The minimum absolute atomic E-state index is 0.150. The van der Waals surface area contributed by atoms with E-state index in [4.69, 9.17) is 16.5 Å². The number of fused-ring (bicyclic) bond motifs is 1. The van der Waals surface area contributed by atoms with Gasteiger partial charge < -0.3 is 16.0 Å². The first-order chi connectivity index (χ1) is 9.52. The van der Waals surface area contributed by atoms with Crippen molar-refractivity contribution >= 4 is 22.6 Å². The number of hydrogen-bond acceptors (Lipinski definition) is 3. The Kier molecular flexibility index (Phi) is 3.48. The predicted molar refractivity (Wildman–Crippen MR) is 86.0 cm³/mol. The van der Waals surface area contributed by atoms with Crippen LogP contribution in [0, 0.1) is 0 Å². The van der Waals surface area contributed by atoms with Crippen molar-refractivity contribution < 1.29 is 4.79 Å². The molecule has 0 radical (unpaired) electrons. The minimum Gasteiger partial charge on any atom is -0.399 e. The van der Waals surface area contributed by atoms with Gasteiger partial charge in [-0.05, 0) is 32.0 Å². The molecule has 0 aliphatic carbocycles. The van der Waals surface area contributed by atoms with Crippen LogP contribution in [0.1, 0.15) is 46.9 Å². The summed E-state index contributed by atoms with van der Waals surface area (Å²) in [7, 11) is 0. The van der Waals surface area contributed by atoms with Gasteiger partial charge in [-0.15, -0.1) is 0 Å². The molecule has 0 saturated heterocycles. The zero-order chi connectivity index (χ0) is 16.0. The number of anilines is 1. The molecule has 5 nitrogen and oxygen atoms in total. The Labute approximate surface area is 125 Å². The molecule has 0 spiro atoms. The van der Waals surface area contributed by atoms with Crippen molar-refractivity contribution in [1.29, 1.82) is 0 Å². The Morgan fingerprint density at radius 3 is 2.38 bits per heavy atom. The van der Waals surface area contributed by atoms with E-state index < -0.39 is 5.54 Å². The van der Waals surface area contributed by atoms with Gasteiger partial charge in [-0.3, -0.25) is 4.79 Å². The molecule has 0 unspecified atom stereocenters. The SMILES string of the molecule is CC(C)(C)c1nc2cc(N)ccc2n1C(C)(C)CC(N)=O. The molecular formula is C16H24N4O. The number of nitrogens with zero attached hydrogens (tertiary/aromatic N) is 2. The number of carbonyl (C=O) groups is 1. The van der Waals surface area contributed by atoms with E-state index >= 15 is 0 Å². The van der Waals surface area contributed by atoms with Gasteiger partial charge in [0.15, 0.2) is 0 Å². The number of primary amides is 1. The number of rotatable bonds is 3. The third kappa shape index (κ3) is 2.86. The van der Waals surface area contributed by atoms with Gasteiger partial charge in [-0.25, -0.2) is 4.98 Å². The second-order valence-electron chi connectivity index (χ2n) is 7.22. The van der Waals surface area contributed by atoms with Crippen molar-refractivity contribution in [1.82, 2.24) is 9.55 Å². The molecule has 1 aromatic carbocycles. The summed E-state index contributed by atoms with van der Waals surface area (Å²) in [5.74, 6) is 0.603. The van der Waals surface area contributed by atoms with Crippen LogP contribution < -0.4 is 11.5 Å².